The third-order valence-electron chi connectivity index (χ3n) is 12.5. The van der Waals surface area contributed by atoms with Gasteiger partial charge in [-0.3, -0.25) is 9.69 Å². The lowest BCUT2D eigenvalue weighted by Gasteiger charge is -2.45. The number of hydroxylamine groups is 2. The van der Waals surface area contributed by atoms with Crippen LogP contribution in [-0.4, -0.2) is 126 Å². The van der Waals surface area contributed by atoms with Crippen LogP contribution in [0.3, 0.4) is 0 Å². The van der Waals surface area contributed by atoms with Gasteiger partial charge >= 0.3 is 12.1 Å². The Kier molecular flexibility index (Phi) is 11.2. The number of carbonyl (C=O) groups is 3. The minimum atomic E-state index is -0.722. The van der Waals surface area contributed by atoms with Crippen LogP contribution in [0.1, 0.15) is 74.6 Å². The fourth-order valence-corrected chi connectivity index (χ4v) is 9.39. The predicted octanol–water partition coefficient (Wildman–Crippen LogP) is 4.69. The van der Waals surface area contributed by atoms with E-state index >= 15 is 0 Å². The maximum Gasteiger partial charge on any atom is 0.426 e. The van der Waals surface area contributed by atoms with E-state index in [0.29, 0.717) is 70.1 Å². The van der Waals surface area contributed by atoms with Gasteiger partial charge in [-0.2, -0.15) is 0 Å². The minimum Gasteiger partial charge on any atom is -0.351 e. The molecule has 2 aromatic carbocycles. The highest BCUT2D eigenvalue weighted by Crippen LogP contribution is 2.36. The number of para-hydroxylation sites is 1. The van der Waals surface area contributed by atoms with E-state index in [2.05, 4.69) is 65.6 Å². The van der Waals surface area contributed by atoms with E-state index in [1.807, 2.05) is 28.0 Å². The van der Waals surface area contributed by atoms with Crippen molar-refractivity contribution in [2.24, 2.45) is 0 Å². The van der Waals surface area contributed by atoms with E-state index in [1.54, 1.807) is 5.06 Å². The number of rotatable bonds is 9. The zero-order valence-electron chi connectivity index (χ0n) is 30.8. The number of hydrogen-bond donors (Lipinski definition) is 2. The lowest BCUT2D eigenvalue weighted by Crippen LogP contribution is -2.59. The van der Waals surface area contributed by atoms with Crippen LogP contribution < -0.4 is 10.6 Å². The predicted molar refractivity (Wildman–Crippen MR) is 199 cm³/mol. The zero-order valence-corrected chi connectivity index (χ0v) is 30.8. The molecule has 2 bridgehead atoms. The highest BCUT2D eigenvalue weighted by molar-refractivity contribution is 5.91. The summed E-state index contributed by atoms with van der Waals surface area (Å²) in [6.07, 6.45) is 8.97. The fraction of sp³-hybridized carbons (Fsp3) is 0.625. The number of piperazine rings is 1. The highest BCUT2D eigenvalue weighted by Gasteiger charge is 2.41. The van der Waals surface area contributed by atoms with Gasteiger partial charge in [0.25, 0.3) is 0 Å². The molecule has 11 heteroatoms. The number of amides is 4. The number of anilines is 1. The molecule has 11 nitrogen and oxygen atoms in total. The van der Waals surface area contributed by atoms with Crippen molar-refractivity contribution < 1.29 is 19.2 Å². The smallest absolute Gasteiger partial charge is 0.351 e. The average molecular weight is 700 g/mol. The summed E-state index contributed by atoms with van der Waals surface area (Å²) in [5, 5.41) is 7.73. The summed E-state index contributed by atoms with van der Waals surface area (Å²) in [6, 6.07) is 15.7. The summed E-state index contributed by atoms with van der Waals surface area (Å²) >= 11 is 0. The molecule has 2 N–H and O–H groups in total. The van der Waals surface area contributed by atoms with Gasteiger partial charge in [-0.25, -0.2) is 9.59 Å². The summed E-state index contributed by atoms with van der Waals surface area (Å²) < 4.78 is 0. The molecule has 0 aromatic heterocycles. The lowest BCUT2D eigenvalue weighted by atomic mass is 9.95. The molecule has 4 amide bonds. The van der Waals surface area contributed by atoms with Crippen LogP contribution in [0.4, 0.5) is 15.3 Å². The first-order valence-electron chi connectivity index (χ1n) is 19.5. The van der Waals surface area contributed by atoms with Crippen LogP contribution in [0.15, 0.2) is 42.5 Å². The van der Waals surface area contributed by atoms with E-state index in [1.165, 1.54) is 36.8 Å². The first-order chi connectivity index (χ1) is 24.8. The third-order valence-corrected chi connectivity index (χ3v) is 12.5. The van der Waals surface area contributed by atoms with Gasteiger partial charge in [-0.1, -0.05) is 50.2 Å². The molecule has 7 rings (SSSR count). The summed E-state index contributed by atoms with van der Waals surface area (Å²) in [5.74, 6) is -0.0421. The number of nitrogens with one attached hydrogen (secondary N) is 2. The second kappa shape index (κ2) is 15.9. The van der Waals surface area contributed by atoms with Crippen molar-refractivity contribution in [1.82, 2.24) is 30.0 Å². The normalized spacial score (nSPS) is 25.5. The number of benzene rings is 2. The molecule has 51 heavy (non-hydrogen) atoms. The Labute approximate surface area is 303 Å². The molecule has 0 spiro atoms. The van der Waals surface area contributed by atoms with Crippen molar-refractivity contribution in [1.29, 1.82) is 0 Å². The maximum atomic E-state index is 14.2. The van der Waals surface area contributed by atoms with Crippen molar-refractivity contribution in [3.63, 3.8) is 0 Å². The van der Waals surface area contributed by atoms with Crippen LogP contribution in [0, 0.1) is 0 Å². The molecule has 0 radical (unpaired) electrons. The summed E-state index contributed by atoms with van der Waals surface area (Å²) in [7, 11) is 2.28. The molecule has 4 saturated heterocycles. The van der Waals surface area contributed by atoms with E-state index in [4.69, 9.17) is 4.84 Å². The highest BCUT2D eigenvalue weighted by atomic mass is 16.7. The van der Waals surface area contributed by atoms with E-state index < -0.39 is 12.1 Å². The van der Waals surface area contributed by atoms with Crippen LogP contribution in [0.25, 0.3) is 0 Å². The Morgan fingerprint density at radius 1 is 0.843 bits per heavy atom. The standard InChI is InChI=1S/C40H57N7O4/c1-4-29-11-10-28(24-30(29)5-2)25-37(38(48)45-22-20-44(21-23-45)35-26-33-12-13-34(27-35)43(33)3)42-40(50)51-46-17-15-32(16-18-46)47-19-14-31-8-6-7-9-36(31)41-39(47)49/h6-11,24,32-35,37H,4-5,12-23,25-27H2,1-3H3,(H,41,49)(H,42,50)/t33-,34?,35?,37?/m1/s1. The average Bonchev–Trinajstić information content (AvgIpc) is 3.29. The van der Waals surface area contributed by atoms with Crippen molar-refractivity contribution >= 4 is 23.7 Å². The first kappa shape index (κ1) is 35.7. The van der Waals surface area contributed by atoms with Crippen molar-refractivity contribution in [2.75, 3.05) is 58.2 Å². The van der Waals surface area contributed by atoms with E-state index in [-0.39, 0.29) is 18.0 Å². The number of nitrogens with zero attached hydrogens (tertiary/aromatic N) is 5. The van der Waals surface area contributed by atoms with Crippen molar-refractivity contribution in [2.45, 2.75) is 108 Å². The molecule has 5 heterocycles. The van der Waals surface area contributed by atoms with Gasteiger partial charge in [0, 0.05) is 82.1 Å². The minimum absolute atomic E-state index is 0.0421. The number of carbonyl (C=O) groups excluding carboxylic acids is 3. The molecule has 276 valence electrons. The van der Waals surface area contributed by atoms with Crippen LogP contribution in [0.5, 0.6) is 0 Å². The molecule has 0 saturated carbocycles. The van der Waals surface area contributed by atoms with E-state index in [9.17, 15) is 14.4 Å². The van der Waals surface area contributed by atoms with E-state index in [0.717, 1.165) is 49.2 Å². The third kappa shape index (κ3) is 8.05. The zero-order chi connectivity index (χ0) is 35.5. The maximum absolute atomic E-state index is 14.2. The van der Waals surface area contributed by atoms with Crippen molar-refractivity contribution in [3.05, 3.63) is 64.7 Å². The molecular formula is C40H57N7O4. The number of hydrogen-bond acceptors (Lipinski definition) is 7. The van der Waals surface area contributed by atoms with Crippen LogP contribution >= 0.6 is 0 Å². The Morgan fingerprint density at radius 3 is 2.25 bits per heavy atom. The van der Waals surface area contributed by atoms with Gasteiger partial charge in [-0.05, 0) is 93.2 Å². The molecule has 0 aliphatic carbocycles. The van der Waals surface area contributed by atoms with Gasteiger partial charge in [-0.15, -0.1) is 5.06 Å². The monoisotopic (exact) mass is 699 g/mol. The molecule has 5 aliphatic heterocycles. The van der Waals surface area contributed by atoms with Gasteiger partial charge in [0.05, 0.1) is 0 Å². The Morgan fingerprint density at radius 2 is 1.55 bits per heavy atom. The Bertz CT molecular complexity index is 1540. The largest absolute Gasteiger partial charge is 0.426 e. The van der Waals surface area contributed by atoms with Gasteiger partial charge in [0.1, 0.15) is 6.04 Å². The number of fused-ring (bicyclic) bond motifs is 3. The SMILES string of the molecule is CCc1ccc(CC(NC(=O)ON2CCC(N3CCc4ccccc4NC3=O)CC2)C(=O)N2CCN(C3CC4CC[C@H](C3)N4C)CC2)cc1CC. The van der Waals surface area contributed by atoms with Crippen LogP contribution in [0.2, 0.25) is 0 Å². The number of piperidine rings is 2. The molecule has 4 atom stereocenters. The summed E-state index contributed by atoms with van der Waals surface area (Å²) in [5.41, 5.74) is 5.68. The molecule has 4 fully saturated rings. The summed E-state index contributed by atoms with van der Waals surface area (Å²) in [4.78, 5) is 55.6. The van der Waals surface area contributed by atoms with Gasteiger partial charge in [0.2, 0.25) is 5.91 Å². The molecule has 5 aliphatic rings. The first-order valence-corrected chi connectivity index (χ1v) is 19.5. The Balaban J connectivity index is 0.955. The topological polar surface area (TPSA) is 101 Å². The summed E-state index contributed by atoms with van der Waals surface area (Å²) in [6.45, 7) is 9.11. The second-order valence-corrected chi connectivity index (χ2v) is 15.3. The number of urea groups is 1. The lowest BCUT2D eigenvalue weighted by molar-refractivity contribution is -0.138. The molecular weight excluding hydrogens is 642 g/mol. The fourth-order valence-electron chi connectivity index (χ4n) is 9.39. The Hall–Kier alpha value is -3.67. The second-order valence-electron chi connectivity index (χ2n) is 15.3. The molecule has 2 aromatic rings. The van der Waals surface area contributed by atoms with Gasteiger partial charge < -0.3 is 30.2 Å². The van der Waals surface area contributed by atoms with Gasteiger partial charge in [0.15, 0.2) is 0 Å². The van der Waals surface area contributed by atoms with Crippen LogP contribution in [-0.2, 0) is 35.3 Å². The molecule has 3 unspecified atom stereocenters. The number of aryl methyl sites for hydroxylation is 2. The quantitative estimate of drug-likeness (QED) is 0.392. The van der Waals surface area contributed by atoms with Crippen molar-refractivity contribution in [3.8, 4) is 0 Å².